The molecule has 0 saturated carbocycles. The summed E-state index contributed by atoms with van der Waals surface area (Å²) in [7, 11) is 3.39. The van der Waals surface area contributed by atoms with Gasteiger partial charge in [-0.05, 0) is 25.1 Å². The van der Waals surface area contributed by atoms with Gasteiger partial charge < -0.3 is 14.8 Å². The minimum atomic E-state index is 0. The van der Waals surface area contributed by atoms with Gasteiger partial charge in [0.15, 0.2) is 0 Å². The van der Waals surface area contributed by atoms with E-state index in [1.54, 1.807) is 14.2 Å². The summed E-state index contributed by atoms with van der Waals surface area (Å²) in [5.74, 6) is 0.903. The number of benzene rings is 1. The highest BCUT2D eigenvalue weighted by Gasteiger charge is 2.05. The lowest BCUT2D eigenvalue weighted by Gasteiger charge is -2.14. The summed E-state index contributed by atoms with van der Waals surface area (Å²) in [5, 5.41) is 3.38. The van der Waals surface area contributed by atoms with Crippen molar-refractivity contribution in [3.8, 4) is 5.75 Å². The summed E-state index contributed by atoms with van der Waals surface area (Å²) in [6.45, 7) is 3.57. The molecule has 1 aromatic carbocycles. The second kappa shape index (κ2) is 8.91. The number of nitrogens with one attached hydrogen (secondary N) is 1. The van der Waals surface area contributed by atoms with E-state index in [9.17, 15) is 0 Å². The van der Waals surface area contributed by atoms with Crippen molar-refractivity contribution >= 4 is 32.9 Å². The lowest BCUT2D eigenvalue weighted by Crippen LogP contribution is -2.29. The molecule has 0 aromatic heterocycles. The van der Waals surface area contributed by atoms with Gasteiger partial charge >= 0.3 is 0 Å². The summed E-state index contributed by atoms with van der Waals surface area (Å²) in [6.07, 6.45) is 0. The molecule has 0 radical (unpaired) electrons. The maximum absolute atomic E-state index is 5.30. The standard InChI is InChI=1S/C12H18BrNO2.BrH/c1-9(8-15-2)14-7-10-6-11(13)4-5-12(10)16-3;/h4-6,9,14H,7-8H2,1-3H3;1H. The molecule has 0 amide bonds. The van der Waals surface area contributed by atoms with E-state index >= 15 is 0 Å². The van der Waals surface area contributed by atoms with E-state index in [0.29, 0.717) is 12.6 Å². The molecule has 1 atom stereocenters. The van der Waals surface area contributed by atoms with Crippen LogP contribution in [0, 0.1) is 0 Å². The van der Waals surface area contributed by atoms with Crippen molar-refractivity contribution < 1.29 is 9.47 Å². The third kappa shape index (κ3) is 5.86. The molecular weight excluding hydrogens is 350 g/mol. The Morgan fingerprint density at radius 3 is 2.65 bits per heavy atom. The minimum absolute atomic E-state index is 0. The summed E-state index contributed by atoms with van der Waals surface area (Å²) < 4.78 is 11.4. The predicted octanol–water partition coefficient (Wildman–Crippen LogP) is 3.16. The van der Waals surface area contributed by atoms with Gasteiger partial charge in [0.05, 0.1) is 13.7 Å². The van der Waals surface area contributed by atoms with Gasteiger partial charge in [0.1, 0.15) is 5.75 Å². The SMILES string of the molecule is Br.COCC(C)NCc1cc(Br)ccc1OC. The molecule has 5 heteroatoms. The highest BCUT2D eigenvalue weighted by atomic mass is 79.9. The van der Waals surface area contributed by atoms with Crippen molar-refractivity contribution in [2.75, 3.05) is 20.8 Å². The maximum atomic E-state index is 5.30. The van der Waals surface area contributed by atoms with Crippen LogP contribution in [0.4, 0.5) is 0 Å². The van der Waals surface area contributed by atoms with Crippen LogP contribution >= 0.6 is 32.9 Å². The first-order valence-corrected chi connectivity index (χ1v) is 6.01. The van der Waals surface area contributed by atoms with Crippen LogP contribution in [0.25, 0.3) is 0 Å². The van der Waals surface area contributed by atoms with Gasteiger partial charge in [-0.15, -0.1) is 17.0 Å². The van der Waals surface area contributed by atoms with Gasteiger partial charge in [-0.1, -0.05) is 15.9 Å². The first-order valence-electron chi connectivity index (χ1n) is 5.22. The Hall–Kier alpha value is -0.100. The van der Waals surface area contributed by atoms with Crippen LogP contribution in [0.5, 0.6) is 5.75 Å². The molecule has 0 aliphatic carbocycles. The number of halogens is 2. The van der Waals surface area contributed by atoms with Gasteiger partial charge in [-0.2, -0.15) is 0 Å². The largest absolute Gasteiger partial charge is 0.496 e. The Balaban J connectivity index is 0.00000256. The van der Waals surface area contributed by atoms with Crippen LogP contribution in [0.2, 0.25) is 0 Å². The average molecular weight is 369 g/mol. The van der Waals surface area contributed by atoms with E-state index in [1.165, 1.54) is 0 Å². The molecule has 0 aliphatic rings. The second-order valence-corrected chi connectivity index (χ2v) is 4.61. The molecular formula is C12H19Br2NO2. The van der Waals surface area contributed by atoms with E-state index in [2.05, 4.69) is 34.2 Å². The highest BCUT2D eigenvalue weighted by Crippen LogP contribution is 2.22. The fourth-order valence-corrected chi connectivity index (χ4v) is 1.89. The van der Waals surface area contributed by atoms with Crippen molar-refractivity contribution in [1.82, 2.24) is 5.32 Å². The van der Waals surface area contributed by atoms with E-state index in [1.807, 2.05) is 12.1 Å². The van der Waals surface area contributed by atoms with Crippen molar-refractivity contribution in [2.45, 2.75) is 19.5 Å². The van der Waals surface area contributed by atoms with Gasteiger partial charge in [-0.3, -0.25) is 0 Å². The smallest absolute Gasteiger partial charge is 0.123 e. The van der Waals surface area contributed by atoms with Crippen molar-refractivity contribution in [2.24, 2.45) is 0 Å². The third-order valence-electron chi connectivity index (χ3n) is 2.30. The average Bonchev–Trinajstić information content (AvgIpc) is 2.27. The lowest BCUT2D eigenvalue weighted by molar-refractivity contribution is 0.171. The van der Waals surface area contributed by atoms with Gasteiger partial charge in [0.25, 0.3) is 0 Å². The first kappa shape index (κ1) is 16.9. The van der Waals surface area contributed by atoms with E-state index in [-0.39, 0.29) is 17.0 Å². The van der Waals surface area contributed by atoms with Crippen molar-refractivity contribution in [3.05, 3.63) is 28.2 Å². The maximum Gasteiger partial charge on any atom is 0.123 e. The predicted molar refractivity (Wildman–Crippen MR) is 79.2 cm³/mol. The van der Waals surface area contributed by atoms with Crippen molar-refractivity contribution in [3.63, 3.8) is 0 Å². The Morgan fingerprint density at radius 2 is 2.06 bits per heavy atom. The molecule has 98 valence electrons. The molecule has 0 heterocycles. The summed E-state index contributed by atoms with van der Waals surface area (Å²) in [6, 6.07) is 6.32. The number of methoxy groups -OCH3 is 2. The highest BCUT2D eigenvalue weighted by molar-refractivity contribution is 9.10. The summed E-state index contributed by atoms with van der Waals surface area (Å²) in [4.78, 5) is 0. The van der Waals surface area contributed by atoms with Crippen LogP contribution in [-0.4, -0.2) is 26.9 Å². The van der Waals surface area contributed by atoms with E-state index in [0.717, 1.165) is 22.3 Å². The zero-order valence-corrected chi connectivity index (χ0v) is 13.6. The zero-order chi connectivity index (χ0) is 12.0. The Labute approximate surface area is 122 Å². The number of ether oxygens (including phenoxy) is 2. The van der Waals surface area contributed by atoms with Gasteiger partial charge in [0.2, 0.25) is 0 Å². The zero-order valence-electron chi connectivity index (χ0n) is 10.3. The second-order valence-electron chi connectivity index (χ2n) is 3.69. The molecule has 1 N–H and O–H groups in total. The van der Waals surface area contributed by atoms with Crippen LogP contribution in [0.1, 0.15) is 12.5 Å². The molecule has 1 aromatic rings. The molecule has 0 spiro atoms. The molecule has 1 rings (SSSR count). The topological polar surface area (TPSA) is 30.5 Å². The van der Waals surface area contributed by atoms with Crippen LogP contribution in [0.15, 0.2) is 22.7 Å². The monoisotopic (exact) mass is 367 g/mol. The minimum Gasteiger partial charge on any atom is -0.496 e. The molecule has 0 bridgehead atoms. The van der Waals surface area contributed by atoms with Gasteiger partial charge in [-0.25, -0.2) is 0 Å². The van der Waals surface area contributed by atoms with Crippen molar-refractivity contribution in [1.29, 1.82) is 0 Å². The molecule has 3 nitrogen and oxygen atoms in total. The summed E-state index contributed by atoms with van der Waals surface area (Å²) in [5.41, 5.74) is 1.14. The normalized spacial score (nSPS) is 11.8. The quantitative estimate of drug-likeness (QED) is 0.836. The number of hydrogen-bond donors (Lipinski definition) is 1. The van der Waals surface area contributed by atoms with E-state index in [4.69, 9.17) is 9.47 Å². The van der Waals surface area contributed by atoms with E-state index < -0.39 is 0 Å². The van der Waals surface area contributed by atoms with Gasteiger partial charge in [0, 0.05) is 29.7 Å². The Bertz CT molecular complexity index is 334. The first-order chi connectivity index (χ1) is 7.67. The summed E-state index contributed by atoms with van der Waals surface area (Å²) >= 11 is 3.46. The number of rotatable bonds is 6. The fraction of sp³-hybridized carbons (Fsp3) is 0.500. The molecule has 17 heavy (non-hydrogen) atoms. The molecule has 0 saturated heterocycles. The molecule has 0 fully saturated rings. The Morgan fingerprint density at radius 1 is 1.35 bits per heavy atom. The third-order valence-corrected chi connectivity index (χ3v) is 2.79. The Kier molecular flexibility index (Phi) is 8.86. The lowest BCUT2D eigenvalue weighted by atomic mass is 10.2. The molecule has 1 unspecified atom stereocenters. The molecule has 0 aliphatic heterocycles. The van der Waals surface area contributed by atoms with Crippen LogP contribution in [-0.2, 0) is 11.3 Å². The van der Waals surface area contributed by atoms with Crippen LogP contribution in [0.3, 0.4) is 0 Å². The number of hydrogen-bond acceptors (Lipinski definition) is 3. The fourth-order valence-electron chi connectivity index (χ4n) is 1.48. The van der Waals surface area contributed by atoms with Crippen LogP contribution < -0.4 is 10.1 Å².